The number of carbonyl (C=O) groups excluding carboxylic acids is 2. The number of anilines is 2. The van der Waals surface area contributed by atoms with Gasteiger partial charge in [0.2, 0.25) is 5.91 Å². The number of hydrogen-bond acceptors (Lipinski definition) is 4. The molecule has 0 radical (unpaired) electrons. The van der Waals surface area contributed by atoms with Crippen molar-refractivity contribution < 1.29 is 18.7 Å². The highest BCUT2D eigenvalue weighted by Crippen LogP contribution is 2.29. The summed E-state index contributed by atoms with van der Waals surface area (Å²) in [6.07, 6.45) is 2.72. The lowest BCUT2D eigenvalue weighted by Gasteiger charge is -2.16. The Morgan fingerprint density at radius 2 is 1.68 bits per heavy atom. The largest absolute Gasteiger partial charge is 0.494 e. The zero-order valence-corrected chi connectivity index (χ0v) is 20.2. The Morgan fingerprint density at radius 1 is 0.941 bits per heavy atom. The highest BCUT2D eigenvalue weighted by atomic mass is 32.2. The average Bonchev–Trinajstić information content (AvgIpc) is 2.84. The van der Waals surface area contributed by atoms with Gasteiger partial charge in [-0.2, -0.15) is 0 Å². The van der Waals surface area contributed by atoms with Crippen LogP contribution in [-0.4, -0.2) is 23.7 Å². The quantitative estimate of drug-likeness (QED) is 0.235. The summed E-state index contributed by atoms with van der Waals surface area (Å²) in [5, 5.41) is 5.48. The minimum absolute atomic E-state index is 0.0899. The number of nitrogens with one attached hydrogen (secondary N) is 2. The topological polar surface area (TPSA) is 67.4 Å². The zero-order valence-electron chi connectivity index (χ0n) is 19.3. The van der Waals surface area contributed by atoms with Crippen LogP contribution in [0.4, 0.5) is 15.8 Å². The van der Waals surface area contributed by atoms with E-state index in [0.717, 1.165) is 23.5 Å². The molecule has 0 heterocycles. The molecule has 0 aliphatic rings. The molecule has 0 aliphatic heterocycles. The lowest BCUT2D eigenvalue weighted by Crippen LogP contribution is -2.24. The summed E-state index contributed by atoms with van der Waals surface area (Å²) in [4.78, 5) is 26.1. The Labute approximate surface area is 204 Å². The van der Waals surface area contributed by atoms with E-state index >= 15 is 0 Å². The van der Waals surface area contributed by atoms with Crippen molar-refractivity contribution in [3.63, 3.8) is 0 Å². The van der Waals surface area contributed by atoms with Gasteiger partial charge in [0.25, 0.3) is 5.91 Å². The van der Waals surface area contributed by atoms with E-state index in [4.69, 9.17) is 4.74 Å². The number of thioether (sulfide) groups is 1. The van der Waals surface area contributed by atoms with Gasteiger partial charge in [-0.1, -0.05) is 26.3 Å². The summed E-state index contributed by atoms with van der Waals surface area (Å²) in [5.41, 5.74) is 1.69. The predicted octanol–water partition coefficient (Wildman–Crippen LogP) is 6.77. The van der Waals surface area contributed by atoms with Crippen LogP contribution in [0.5, 0.6) is 5.75 Å². The van der Waals surface area contributed by atoms with E-state index in [-0.39, 0.29) is 17.1 Å². The maximum absolute atomic E-state index is 13.1. The van der Waals surface area contributed by atoms with E-state index in [1.165, 1.54) is 36.0 Å². The number of hydrogen-bond donors (Lipinski definition) is 2. The molecular weight excluding hydrogens is 451 g/mol. The molecule has 5 nitrogen and oxygen atoms in total. The third-order valence-electron chi connectivity index (χ3n) is 5.03. The molecular formula is C27H29FN2O3S. The summed E-state index contributed by atoms with van der Waals surface area (Å²) < 4.78 is 18.8. The number of carbonyl (C=O) groups is 2. The summed E-state index contributed by atoms with van der Waals surface area (Å²) in [7, 11) is 0. The second kappa shape index (κ2) is 12.8. The first-order chi connectivity index (χ1) is 16.5. The van der Waals surface area contributed by atoms with Crippen molar-refractivity contribution in [2.75, 3.05) is 17.2 Å². The van der Waals surface area contributed by atoms with Gasteiger partial charge >= 0.3 is 0 Å². The van der Waals surface area contributed by atoms with Crippen LogP contribution in [0.25, 0.3) is 0 Å². The number of unbranched alkanes of at least 4 members (excludes halogenated alkanes) is 1. The first-order valence-corrected chi connectivity index (χ1v) is 12.2. The normalized spacial score (nSPS) is 11.5. The molecule has 0 bridgehead atoms. The van der Waals surface area contributed by atoms with Crippen LogP contribution in [0.1, 0.15) is 43.5 Å². The van der Waals surface area contributed by atoms with Gasteiger partial charge in [0.15, 0.2) is 0 Å². The van der Waals surface area contributed by atoms with Crippen LogP contribution in [0.3, 0.4) is 0 Å². The maximum Gasteiger partial charge on any atom is 0.255 e. The van der Waals surface area contributed by atoms with Crippen molar-refractivity contribution in [1.29, 1.82) is 0 Å². The van der Waals surface area contributed by atoms with Crippen LogP contribution >= 0.6 is 11.8 Å². The second-order valence-electron chi connectivity index (χ2n) is 7.72. The molecule has 2 amide bonds. The van der Waals surface area contributed by atoms with E-state index in [0.29, 0.717) is 30.0 Å². The van der Waals surface area contributed by atoms with Crippen molar-refractivity contribution in [1.82, 2.24) is 0 Å². The Balaban J connectivity index is 1.58. The number of benzene rings is 3. The molecule has 1 unspecified atom stereocenters. The van der Waals surface area contributed by atoms with Crippen LogP contribution in [0.15, 0.2) is 77.7 Å². The van der Waals surface area contributed by atoms with Gasteiger partial charge in [-0.15, -0.1) is 11.8 Å². The lowest BCUT2D eigenvalue weighted by molar-refractivity contribution is -0.115. The molecule has 7 heteroatoms. The Hall–Kier alpha value is -3.32. The second-order valence-corrected chi connectivity index (χ2v) is 9.00. The molecule has 0 aromatic heterocycles. The number of halogens is 1. The van der Waals surface area contributed by atoms with Gasteiger partial charge in [-0.3, -0.25) is 9.59 Å². The van der Waals surface area contributed by atoms with Crippen LogP contribution < -0.4 is 15.4 Å². The highest BCUT2D eigenvalue weighted by Gasteiger charge is 2.18. The zero-order chi connectivity index (χ0) is 24.3. The van der Waals surface area contributed by atoms with E-state index < -0.39 is 5.82 Å². The van der Waals surface area contributed by atoms with Gasteiger partial charge < -0.3 is 15.4 Å². The molecule has 0 fully saturated rings. The molecule has 0 aliphatic carbocycles. The minimum atomic E-state index is -0.393. The number of ether oxygens (including phenoxy) is 1. The van der Waals surface area contributed by atoms with Gasteiger partial charge in [0, 0.05) is 21.8 Å². The van der Waals surface area contributed by atoms with Crippen molar-refractivity contribution in [3.8, 4) is 5.75 Å². The molecule has 1 atom stereocenters. The molecule has 3 aromatic rings. The molecule has 178 valence electrons. The Morgan fingerprint density at radius 3 is 2.35 bits per heavy atom. The first kappa shape index (κ1) is 25.3. The van der Waals surface area contributed by atoms with Gasteiger partial charge in [0.05, 0.1) is 11.9 Å². The summed E-state index contributed by atoms with van der Waals surface area (Å²) in [5.74, 6) is -0.0237. The van der Waals surface area contributed by atoms with Gasteiger partial charge in [-0.05, 0) is 79.6 Å². The number of rotatable bonds is 11. The highest BCUT2D eigenvalue weighted by molar-refractivity contribution is 8.00. The van der Waals surface area contributed by atoms with Crippen LogP contribution in [0, 0.1) is 5.82 Å². The Kier molecular flexibility index (Phi) is 9.52. The van der Waals surface area contributed by atoms with E-state index in [1.54, 1.807) is 6.07 Å². The van der Waals surface area contributed by atoms with Crippen LogP contribution in [-0.2, 0) is 4.79 Å². The molecule has 0 saturated heterocycles. The molecule has 0 saturated carbocycles. The lowest BCUT2D eigenvalue weighted by atomic mass is 10.2. The van der Waals surface area contributed by atoms with Crippen molar-refractivity contribution >= 4 is 35.0 Å². The third kappa shape index (κ3) is 7.63. The van der Waals surface area contributed by atoms with Crippen molar-refractivity contribution in [2.45, 2.75) is 43.3 Å². The van der Waals surface area contributed by atoms with Gasteiger partial charge in [0.1, 0.15) is 11.6 Å². The fraction of sp³-hybridized carbons (Fsp3) is 0.259. The fourth-order valence-corrected chi connectivity index (χ4v) is 4.14. The summed E-state index contributed by atoms with van der Waals surface area (Å²) in [6, 6.07) is 20.1. The average molecular weight is 481 g/mol. The minimum Gasteiger partial charge on any atom is -0.494 e. The standard InChI is InChI=1S/C27H29FN2O3S/c1-3-5-17-33-23-15-13-21(14-16-23)29-27(32)25(4-2)34-24-8-6-7-22(18-24)30-26(31)19-9-11-20(28)12-10-19/h6-16,18,25H,3-5,17H2,1-2H3,(H,29,32)(H,30,31). The van der Waals surface area contributed by atoms with E-state index in [9.17, 15) is 14.0 Å². The summed E-state index contributed by atoms with van der Waals surface area (Å²) >= 11 is 1.43. The van der Waals surface area contributed by atoms with Crippen molar-refractivity contribution in [2.24, 2.45) is 0 Å². The van der Waals surface area contributed by atoms with E-state index in [1.807, 2.05) is 49.4 Å². The predicted molar refractivity (Wildman–Crippen MR) is 136 cm³/mol. The molecule has 0 spiro atoms. The third-order valence-corrected chi connectivity index (χ3v) is 6.39. The molecule has 2 N–H and O–H groups in total. The summed E-state index contributed by atoms with van der Waals surface area (Å²) in [6.45, 7) is 4.76. The molecule has 3 aromatic carbocycles. The Bertz CT molecular complexity index is 1090. The molecule has 34 heavy (non-hydrogen) atoms. The molecule has 3 rings (SSSR count). The van der Waals surface area contributed by atoms with Gasteiger partial charge in [-0.25, -0.2) is 4.39 Å². The smallest absolute Gasteiger partial charge is 0.255 e. The fourth-order valence-electron chi connectivity index (χ4n) is 3.13. The van der Waals surface area contributed by atoms with Crippen LogP contribution in [0.2, 0.25) is 0 Å². The van der Waals surface area contributed by atoms with Crippen molar-refractivity contribution in [3.05, 3.63) is 84.2 Å². The number of amides is 2. The first-order valence-electron chi connectivity index (χ1n) is 11.4. The van der Waals surface area contributed by atoms with E-state index in [2.05, 4.69) is 17.6 Å². The maximum atomic E-state index is 13.1. The SMILES string of the molecule is CCCCOc1ccc(NC(=O)C(CC)Sc2cccc(NC(=O)c3ccc(F)cc3)c2)cc1. The monoisotopic (exact) mass is 480 g/mol.